The predicted molar refractivity (Wildman–Crippen MR) is 170 cm³/mol. The van der Waals surface area contributed by atoms with Gasteiger partial charge in [0.15, 0.2) is 5.82 Å². The van der Waals surface area contributed by atoms with Gasteiger partial charge in [-0.2, -0.15) is 0 Å². The van der Waals surface area contributed by atoms with Gasteiger partial charge in [0.2, 0.25) is 11.8 Å². The molecule has 1 aromatic carbocycles. The van der Waals surface area contributed by atoms with E-state index in [0.717, 1.165) is 39.9 Å². The number of hydrogen-bond acceptors (Lipinski definition) is 7. The predicted octanol–water partition coefficient (Wildman–Crippen LogP) is 5.06. The minimum Gasteiger partial charge on any atom is -0.481 e. The number of aromatic nitrogens is 3. The highest BCUT2D eigenvalue weighted by atomic mass is 35.5. The number of halogens is 2. The van der Waals surface area contributed by atoms with Crippen molar-refractivity contribution in [3.05, 3.63) is 81.7 Å². The van der Waals surface area contributed by atoms with Crippen LogP contribution in [0.2, 0.25) is 10.0 Å². The minimum absolute atomic E-state index is 0.101. The van der Waals surface area contributed by atoms with E-state index in [1.54, 1.807) is 20.2 Å². The maximum Gasteiger partial charge on any atom is 0.220 e. The molecule has 1 saturated heterocycles. The van der Waals surface area contributed by atoms with Crippen LogP contribution in [0.4, 0.5) is 0 Å². The molecule has 4 heterocycles. The lowest BCUT2D eigenvalue weighted by Gasteiger charge is -2.17. The summed E-state index contributed by atoms with van der Waals surface area (Å²) < 4.78 is 7.59. The highest BCUT2D eigenvalue weighted by Gasteiger charge is 2.21. The number of ether oxygens (including phenoxy) is 1. The summed E-state index contributed by atoms with van der Waals surface area (Å²) in [6.45, 7) is 6.05. The zero-order chi connectivity index (χ0) is 30.5. The van der Waals surface area contributed by atoms with Crippen molar-refractivity contribution >= 4 is 29.1 Å². The van der Waals surface area contributed by atoms with Crippen molar-refractivity contribution in [3.8, 4) is 34.1 Å². The van der Waals surface area contributed by atoms with Gasteiger partial charge in [-0.1, -0.05) is 47.5 Å². The van der Waals surface area contributed by atoms with E-state index in [1.165, 1.54) is 0 Å². The number of carbonyl (C=O) groups excluding carboxylic acids is 1. The zero-order valence-electron chi connectivity index (χ0n) is 24.5. The molecular formula is C32H36Cl2N6O3. The Morgan fingerprint density at radius 2 is 1.88 bits per heavy atom. The number of nitrogens with one attached hydrogen (secondary N) is 3. The van der Waals surface area contributed by atoms with E-state index in [4.69, 9.17) is 32.9 Å². The molecule has 226 valence electrons. The Kier molecular flexibility index (Phi) is 10.00. The minimum atomic E-state index is -0.447. The fraction of sp³-hybridized carbons (Fsp3) is 0.344. The first-order valence-corrected chi connectivity index (χ1v) is 15.1. The lowest BCUT2D eigenvalue weighted by Crippen LogP contribution is -2.35. The SMILES string of the molecule is COc1nc(-c2cccc(-c3ccnc(-n4ccc(C)c4CNC[C@H](C)O)c3Cl)c2Cl)ccc1CNC[C@@H]1CCC(=O)N1. The van der Waals surface area contributed by atoms with Gasteiger partial charge in [-0.15, -0.1) is 0 Å². The third-order valence-electron chi connectivity index (χ3n) is 7.54. The molecule has 3 aromatic heterocycles. The molecule has 4 N–H and O–H groups in total. The number of pyridine rings is 2. The summed E-state index contributed by atoms with van der Waals surface area (Å²) in [7, 11) is 1.60. The first-order chi connectivity index (χ1) is 20.8. The van der Waals surface area contributed by atoms with Crippen LogP contribution in [-0.2, 0) is 17.9 Å². The Labute approximate surface area is 261 Å². The maximum atomic E-state index is 11.5. The van der Waals surface area contributed by atoms with Crippen molar-refractivity contribution < 1.29 is 14.6 Å². The Balaban J connectivity index is 1.41. The van der Waals surface area contributed by atoms with Crippen LogP contribution in [0.3, 0.4) is 0 Å². The molecular weight excluding hydrogens is 587 g/mol. The lowest BCUT2D eigenvalue weighted by atomic mass is 10.0. The highest BCUT2D eigenvalue weighted by molar-refractivity contribution is 6.38. The third kappa shape index (κ3) is 7.03. The summed E-state index contributed by atoms with van der Waals surface area (Å²) in [5.41, 5.74) is 5.94. The summed E-state index contributed by atoms with van der Waals surface area (Å²) in [6.07, 6.45) is 4.64. The molecule has 0 bridgehead atoms. The van der Waals surface area contributed by atoms with Crippen molar-refractivity contribution in [2.45, 2.75) is 51.9 Å². The number of carbonyl (C=O) groups is 1. The second-order valence-electron chi connectivity index (χ2n) is 10.8. The van der Waals surface area contributed by atoms with Gasteiger partial charge in [0.1, 0.15) is 0 Å². The number of methoxy groups -OCH3 is 1. The number of benzene rings is 1. The van der Waals surface area contributed by atoms with E-state index in [0.29, 0.717) is 60.0 Å². The van der Waals surface area contributed by atoms with Crippen LogP contribution in [0.15, 0.2) is 54.9 Å². The van der Waals surface area contributed by atoms with Crippen LogP contribution in [-0.4, -0.2) is 57.9 Å². The molecule has 11 heteroatoms. The zero-order valence-corrected chi connectivity index (χ0v) is 26.0. The van der Waals surface area contributed by atoms with Crippen LogP contribution in [0, 0.1) is 6.92 Å². The summed E-state index contributed by atoms with van der Waals surface area (Å²) in [5.74, 6) is 1.20. The van der Waals surface area contributed by atoms with Gasteiger partial charge < -0.3 is 30.4 Å². The van der Waals surface area contributed by atoms with E-state index in [-0.39, 0.29) is 11.9 Å². The standard InChI is InChI=1S/C32H36Cl2N6O3/c1-19-12-14-40(27(19)18-35-15-20(2)41)31-30(34)24(11-13-37-31)23-5-4-6-25(29(23)33)26-9-7-21(32(39-26)43-3)16-36-17-22-8-10-28(42)38-22/h4-7,9,11-14,20,22,35-36,41H,8,10,15-18H2,1-3H3,(H,38,42)/t20-,22-/m0/s1. The fourth-order valence-electron chi connectivity index (χ4n) is 5.27. The summed E-state index contributed by atoms with van der Waals surface area (Å²) >= 11 is 14.1. The molecule has 9 nitrogen and oxygen atoms in total. The molecule has 0 spiro atoms. The topological polar surface area (TPSA) is 113 Å². The van der Waals surface area contributed by atoms with Crippen LogP contribution in [0.5, 0.6) is 5.88 Å². The second-order valence-corrected chi connectivity index (χ2v) is 11.5. The first kappa shape index (κ1) is 31.0. The molecule has 0 saturated carbocycles. The average Bonchev–Trinajstić information content (AvgIpc) is 3.58. The molecule has 1 amide bonds. The molecule has 0 radical (unpaired) electrons. The number of hydrogen-bond donors (Lipinski definition) is 4. The number of aliphatic hydroxyl groups is 1. The van der Waals surface area contributed by atoms with Crippen LogP contribution in [0.1, 0.15) is 36.6 Å². The van der Waals surface area contributed by atoms with Crippen molar-refractivity contribution in [1.29, 1.82) is 0 Å². The summed E-state index contributed by atoms with van der Waals surface area (Å²) in [4.78, 5) is 20.8. The van der Waals surface area contributed by atoms with E-state index >= 15 is 0 Å². The van der Waals surface area contributed by atoms with Gasteiger partial charge in [0.25, 0.3) is 0 Å². The Morgan fingerprint density at radius 3 is 2.63 bits per heavy atom. The first-order valence-electron chi connectivity index (χ1n) is 14.3. The molecule has 1 fully saturated rings. The van der Waals surface area contributed by atoms with Crippen LogP contribution in [0.25, 0.3) is 28.2 Å². The average molecular weight is 624 g/mol. The van der Waals surface area contributed by atoms with Gasteiger partial charge in [-0.3, -0.25) is 4.79 Å². The van der Waals surface area contributed by atoms with Crippen LogP contribution < -0.4 is 20.7 Å². The molecule has 2 atom stereocenters. The lowest BCUT2D eigenvalue weighted by molar-refractivity contribution is -0.119. The number of aliphatic hydroxyl groups excluding tert-OH is 1. The molecule has 43 heavy (non-hydrogen) atoms. The van der Waals surface area contributed by atoms with Gasteiger partial charge in [0.05, 0.1) is 29.0 Å². The number of amides is 1. The third-order valence-corrected chi connectivity index (χ3v) is 8.32. The summed E-state index contributed by atoms with van der Waals surface area (Å²) in [5, 5.41) is 20.3. The number of nitrogens with zero attached hydrogens (tertiary/aromatic N) is 3. The quantitative estimate of drug-likeness (QED) is 0.175. The van der Waals surface area contributed by atoms with E-state index in [2.05, 4.69) is 20.9 Å². The van der Waals surface area contributed by atoms with E-state index in [9.17, 15) is 9.90 Å². The molecule has 5 rings (SSSR count). The molecule has 4 aromatic rings. The van der Waals surface area contributed by atoms with Gasteiger partial charge in [0, 0.05) is 79.0 Å². The smallest absolute Gasteiger partial charge is 0.220 e. The van der Waals surface area contributed by atoms with Crippen LogP contribution >= 0.6 is 23.2 Å². The van der Waals surface area contributed by atoms with E-state index in [1.807, 2.05) is 60.2 Å². The Bertz CT molecular complexity index is 1610. The van der Waals surface area contributed by atoms with Crippen molar-refractivity contribution in [3.63, 3.8) is 0 Å². The molecule has 0 unspecified atom stereocenters. The van der Waals surface area contributed by atoms with Gasteiger partial charge in [-0.05, 0) is 44.0 Å². The number of rotatable bonds is 12. The van der Waals surface area contributed by atoms with Gasteiger partial charge >= 0.3 is 0 Å². The van der Waals surface area contributed by atoms with Gasteiger partial charge in [-0.25, -0.2) is 9.97 Å². The summed E-state index contributed by atoms with van der Waals surface area (Å²) in [6, 6.07) is 13.7. The van der Waals surface area contributed by atoms with Crippen molar-refractivity contribution in [1.82, 2.24) is 30.5 Å². The Morgan fingerprint density at radius 1 is 1.09 bits per heavy atom. The number of aryl methyl sites for hydroxylation is 1. The van der Waals surface area contributed by atoms with Crippen molar-refractivity contribution in [2.24, 2.45) is 0 Å². The largest absolute Gasteiger partial charge is 0.481 e. The maximum absolute atomic E-state index is 11.5. The highest BCUT2D eigenvalue weighted by Crippen LogP contribution is 2.40. The normalized spacial score (nSPS) is 15.5. The van der Waals surface area contributed by atoms with E-state index < -0.39 is 6.10 Å². The molecule has 1 aliphatic rings. The Hall–Kier alpha value is -3.47. The fourth-order valence-corrected chi connectivity index (χ4v) is 5.90. The second kappa shape index (κ2) is 13.9. The monoisotopic (exact) mass is 622 g/mol. The molecule has 0 aliphatic carbocycles. The van der Waals surface area contributed by atoms with Crippen molar-refractivity contribution in [2.75, 3.05) is 20.2 Å². The molecule has 1 aliphatic heterocycles.